The zero-order chi connectivity index (χ0) is 19.6. The lowest BCUT2D eigenvalue weighted by Gasteiger charge is -2.12. The lowest BCUT2D eigenvalue weighted by molar-refractivity contribution is -0.385. The molecule has 2 aromatic carbocycles. The number of nitrogens with one attached hydrogen (secondary N) is 1. The van der Waals surface area contributed by atoms with Crippen LogP contribution in [-0.4, -0.2) is 14.9 Å². The quantitative estimate of drug-likeness (QED) is 0.497. The number of anilines is 2. The third-order valence-corrected chi connectivity index (χ3v) is 4.52. The molecule has 0 aliphatic heterocycles. The van der Waals surface area contributed by atoms with Crippen molar-refractivity contribution in [2.45, 2.75) is 27.7 Å². The van der Waals surface area contributed by atoms with Crippen LogP contribution in [0.1, 0.15) is 22.3 Å². The van der Waals surface area contributed by atoms with Crippen LogP contribution in [0.5, 0.6) is 11.6 Å². The first-order valence-electron chi connectivity index (χ1n) is 8.44. The van der Waals surface area contributed by atoms with Gasteiger partial charge in [0.2, 0.25) is 5.82 Å². The second-order valence-electron chi connectivity index (χ2n) is 6.35. The number of hydrogen-bond acceptors (Lipinski definition) is 6. The van der Waals surface area contributed by atoms with Crippen LogP contribution in [0.3, 0.4) is 0 Å². The standard InChI is InChI=1S/C20H20N4O3/c1-12-8-9-16(10-14(12)3)27-20-18(24(25)26)19(21-11-22-20)23-17-7-5-6-13(2)15(17)4/h5-11H,1-4H3,(H,21,22,23). The highest BCUT2D eigenvalue weighted by molar-refractivity contribution is 5.71. The predicted octanol–water partition coefficient (Wildman–Crippen LogP) is 5.15. The highest BCUT2D eigenvalue weighted by Gasteiger charge is 2.25. The third-order valence-electron chi connectivity index (χ3n) is 4.52. The molecule has 1 aromatic heterocycles. The maximum Gasteiger partial charge on any atom is 0.373 e. The molecule has 1 heterocycles. The molecule has 0 spiro atoms. The molecule has 0 saturated heterocycles. The summed E-state index contributed by atoms with van der Waals surface area (Å²) in [6.45, 7) is 7.85. The monoisotopic (exact) mass is 364 g/mol. The van der Waals surface area contributed by atoms with Crippen molar-refractivity contribution in [2.24, 2.45) is 0 Å². The smallest absolute Gasteiger partial charge is 0.373 e. The van der Waals surface area contributed by atoms with E-state index in [2.05, 4.69) is 15.3 Å². The van der Waals surface area contributed by atoms with E-state index in [0.29, 0.717) is 5.75 Å². The van der Waals surface area contributed by atoms with E-state index >= 15 is 0 Å². The van der Waals surface area contributed by atoms with E-state index in [1.165, 1.54) is 6.33 Å². The fraction of sp³-hybridized carbons (Fsp3) is 0.200. The van der Waals surface area contributed by atoms with Crippen molar-refractivity contribution in [3.8, 4) is 11.6 Å². The molecule has 0 saturated carbocycles. The van der Waals surface area contributed by atoms with Crippen molar-refractivity contribution in [2.75, 3.05) is 5.32 Å². The zero-order valence-electron chi connectivity index (χ0n) is 15.6. The van der Waals surface area contributed by atoms with Crippen LogP contribution in [0, 0.1) is 37.8 Å². The molecular weight excluding hydrogens is 344 g/mol. The number of aryl methyl sites for hydroxylation is 3. The van der Waals surface area contributed by atoms with Gasteiger partial charge in [-0.05, 0) is 68.1 Å². The van der Waals surface area contributed by atoms with Gasteiger partial charge in [0.15, 0.2) is 0 Å². The number of benzene rings is 2. The van der Waals surface area contributed by atoms with Crippen LogP contribution >= 0.6 is 0 Å². The Bertz CT molecular complexity index is 1020. The Labute approximate surface area is 157 Å². The molecule has 0 bridgehead atoms. The van der Waals surface area contributed by atoms with E-state index in [9.17, 15) is 10.1 Å². The number of nitrogens with zero attached hydrogens (tertiary/aromatic N) is 3. The second kappa shape index (κ2) is 7.41. The predicted molar refractivity (Wildman–Crippen MR) is 104 cm³/mol. The SMILES string of the molecule is Cc1ccc(Oc2ncnc(Nc3cccc(C)c3C)c2[N+](=O)[O-])cc1C. The minimum Gasteiger partial charge on any atom is -0.434 e. The summed E-state index contributed by atoms with van der Waals surface area (Å²) in [5.74, 6) is 0.464. The number of ether oxygens (including phenoxy) is 1. The van der Waals surface area contributed by atoms with Crippen molar-refractivity contribution in [3.05, 3.63) is 75.1 Å². The Morgan fingerprint density at radius 2 is 1.78 bits per heavy atom. The molecule has 0 aliphatic rings. The minimum absolute atomic E-state index is 0.0857. The van der Waals surface area contributed by atoms with Crippen molar-refractivity contribution >= 4 is 17.2 Å². The molecule has 27 heavy (non-hydrogen) atoms. The van der Waals surface area contributed by atoms with Crippen molar-refractivity contribution in [3.63, 3.8) is 0 Å². The first-order chi connectivity index (χ1) is 12.9. The molecule has 0 amide bonds. The molecule has 7 heteroatoms. The normalized spacial score (nSPS) is 10.5. The van der Waals surface area contributed by atoms with Gasteiger partial charge in [0, 0.05) is 5.69 Å². The summed E-state index contributed by atoms with van der Waals surface area (Å²) in [7, 11) is 0. The van der Waals surface area contributed by atoms with Crippen LogP contribution < -0.4 is 10.1 Å². The van der Waals surface area contributed by atoms with Crippen LogP contribution in [0.25, 0.3) is 0 Å². The van der Waals surface area contributed by atoms with Crippen LogP contribution in [0.4, 0.5) is 17.2 Å². The molecule has 7 nitrogen and oxygen atoms in total. The van der Waals surface area contributed by atoms with Crippen molar-refractivity contribution in [1.82, 2.24) is 9.97 Å². The van der Waals surface area contributed by atoms with E-state index in [1.807, 2.05) is 58.0 Å². The third kappa shape index (κ3) is 3.87. The highest BCUT2D eigenvalue weighted by Crippen LogP contribution is 2.36. The molecular formula is C20H20N4O3. The van der Waals surface area contributed by atoms with E-state index < -0.39 is 4.92 Å². The number of aromatic nitrogens is 2. The Kier molecular flexibility index (Phi) is 5.03. The van der Waals surface area contributed by atoms with Gasteiger partial charge in [0.25, 0.3) is 0 Å². The van der Waals surface area contributed by atoms with Crippen LogP contribution in [0.15, 0.2) is 42.7 Å². The van der Waals surface area contributed by atoms with Gasteiger partial charge >= 0.3 is 11.6 Å². The van der Waals surface area contributed by atoms with Gasteiger partial charge in [0.1, 0.15) is 12.1 Å². The molecule has 0 radical (unpaired) electrons. The summed E-state index contributed by atoms with van der Waals surface area (Å²) in [5, 5.41) is 14.7. The molecule has 0 fully saturated rings. The highest BCUT2D eigenvalue weighted by atomic mass is 16.6. The van der Waals surface area contributed by atoms with Crippen molar-refractivity contribution in [1.29, 1.82) is 0 Å². The van der Waals surface area contributed by atoms with Gasteiger partial charge in [-0.1, -0.05) is 18.2 Å². The Balaban J connectivity index is 2.01. The molecule has 1 N–H and O–H groups in total. The average Bonchev–Trinajstić information content (AvgIpc) is 2.62. The van der Waals surface area contributed by atoms with Gasteiger partial charge in [-0.15, -0.1) is 0 Å². The zero-order valence-corrected chi connectivity index (χ0v) is 15.6. The molecule has 3 rings (SSSR count). The largest absolute Gasteiger partial charge is 0.434 e. The summed E-state index contributed by atoms with van der Waals surface area (Å²) in [5.41, 5.74) is 4.63. The summed E-state index contributed by atoms with van der Waals surface area (Å²) in [6.07, 6.45) is 1.25. The molecule has 0 atom stereocenters. The van der Waals surface area contributed by atoms with E-state index in [4.69, 9.17) is 4.74 Å². The first-order valence-corrected chi connectivity index (χ1v) is 8.44. The molecule has 3 aromatic rings. The number of hydrogen-bond donors (Lipinski definition) is 1. The summed E-state index contributed by atoms with van der Waals surface area (Å²) in [4.78, 5) is 19.2. The fourth-order valence-corrected chi connectivity index (χ4v) is 2.60. The lowest BCUT2D eigenvalue weighted by Crippen LogP contribution is -2.04. The Morgan fingerprint density at radius 1 is 1.00 bits per heavy atom. The van der Waals surface area contributed by atoms with Gasteiger partial charge < -0.3 is 10.1 Å². The van der Waals surface area contributed by atoms with Crippen LogP contribution in [-0.2, 0) is 0 Å². The number of rotatable bonds is 5. The van der Waals surface area contributed by atoms with Gasteiger partial charge in [-0.25, -0.2) is 4.98 Å². The molecule has 0 unspecified atom stereocenters. The second-order valence-corrected chi connectivity index (χ2v) is 6.35. The van der Waals surface area contributed by atoms with Crippen molar-refractivity contribution < 1.29 is 9.66 Å². The fourth-order valence-electron chi connectivity index (χ4n) is 2.60. The van der Waals surface area contributed by atoms with Gasteiger partial charge in [-0.2, -0.15) is 4.98 Å². The van der Waals surface area contributed by atoms with E-state index in [-0.39, 0.29) is 17.4 Å². The minimum atomic E-state index is -0.538. The maximum absolute atomic E-state index is 11.7. The summed E-state index contributed by atoms with van der Waals surface area (Å²) < 4.78 is 5.71. The first kappa shape index (κ1) is 18.3. The topological polar surface area (TPSA) is 90.2 Å². The molecule has 0 aliphatic carbocycles. The van der Waals surface area contributed by atoms with Gasteiger partial charge in [-0.3, -0.25) is 10.1 Å². The Morgan fingerprint density at radius 3 is 2.48 bits per heavy atom. The summed E-state index contributed by atoms with van der Waals surface area (Å²) >= 11 is 0. The van der Waals surface area contributed by atoms with Crippen LogP contribution in [0.2, 0.25) is 0 Å². The van der Waals surface area contributed by atoms with E-state index in [1.54, 1.807) is 6.07 Å². The maximum atomic E-state index is 11.7. The average molecular weight is 364 g/mol. The summed E-state index contributed by atoms with van der Waals surface area (Å²) in [6, 6.07) is 11.2. The van der Waals surface area contributed by atoms with Gasteiger partial charge in [0.05, 0.1) is 4.92 Å². The molecule has 138 valence electrons. The lowest BCUT2D eigenvalue weighted by atomic mass is 10.1. The number of nitro groups is 1. The Hall–Kier alpha value is -3.48. The van der Waals surface area contributed by atoms with E-state index in [0.717, 1.165) is 27.9 Å².